The molecule has 154 valence electrons. The van der Waals surface area contributed by atoms with E-state index >= 15 is 0 Å². The van der Waals surface area contributed by atoms with Crippen LogP contribution in [0.1, 0.15) is 23.5 Å². The second kappa shape index (κ2) is 9.82. The maximum atomic E-state index is 12.0. The molecule has 1 unspecified atom stereocenters. The van der Waals surface area contributed by atoms with E-state index in [0.717, 1.165) is 41.3 Å². The number of fused-ring (bicyclic) bond motifs is 1. The fourth-order valence-electron chi connectivity index (χ4n) is 3.49. The average Bonchev–Trinajstić information content (AvgIpc) is 2.75. The van der Waals surface area contributed by atoms with Gasteiger partial charge in [0.1, 0.15) is 0 Å². The van der Waals surface area contributed by atoms with Gasteiger partial charge in [-0.2, -0.15) is 0 Å². The normalized spacial score (nSPS) is 15.9. The minimum absolute atomic E-state index is 0.0481. The SMILES string of the molecule is CN=C(NCCc1ccc(OC)c(OC)c1)NCC1CC(=O)Nc2ccccc21. The number of hydrogen-bond donors (Lipinski definition) is 3. The maximum Gasteiger partial charge on any atom is 0.225 e. The van der Waals surface area contributed by atoms with Crippen LogP contribution in [0, 0.1) is 0 Å². The van der Waals surface area contributed by atoms with E-state index in [0.29, 0.717) is 18.9 Å². The average molecular weight is 396 g/mol. The summed E-state index contributed by atoms with van der Waals surface area (Å²) in [7, 11) is 5.01. The van der Waals surface area contributed by atoms with Gasteiger partial charge in [-0.05, 0) is 35.7 Å². The van der Waals surface area contributed by atoms with E-state index in [-0.39, 0.29) is 11.8 Å². The third kappa shape index (κ3) is 5.19. The molecule has 7 nitrogen and oxygen atoms in total. The number of guanidine groups is 1. The van der Waals surface area contributed by atoms with Gasteiger partial charge in [-0.3, -0.25) is 9.79 Å². The summed E-state index contributed by atoms with van der Waals surface area (Å²) in [4.78, 5) is 16.3. The number of nitrogens with zero attached hydrogens (tertiary/aromatic N) is 1. The summed E-state index contributed by atoms with van der Waals surface area (Å²) < 4.78 is 10.6. The third-order valence-electron chi connectivity index (χ3n) is 5.00. The zero-order valence-electron chi connectivity index (χ0n) is 17.1. The standard InChI is InChI=1S/C22H28N4O3/c1-23-22(24-11-10-15-8-9-19(28-2)20(12-15)29-3)25-14-16-13-21(27)26-18-7-5-4-6-17(16)18/h4-9,12,16H,10-11,13-14H2,1-3H3,(H,26,27)(H2,23,24,25). The van der Waals surface area contributed by atoms with Crippen LogP contribution in [0.2, 0.25) is 0 Å². The molecule has 2 aromatic carbocycles. The quantitative estimate of drug-likeness (QED) is 0.495. The summed E-state index contributed by atoms with van der Waals surface area (Å²) in [6.45, 7) is 1.36. The van der Waals surface area contributed by atoms with Crippen LogP contribution in [0.15, 0.2) is 47.5 Å². The van der Waals surface area contributed by atoms with Gasteiger partial charge in [-0.15, -0.1) is 0 Å². The molecule has 7 heteroatoms. The van der Waals surface area contributed by atoms with Crippen molar-refractivity contribution in [3.05, 3.63) is 53.6 Å². The lowest BCUT2D eigenvalue weighted by atomic mass is 9.90. The van der Waals surface area contributed by atoms with Crippen molar-refractivity contribution < 1.29 is 14.3 Å². The van der Waals surface area contributed by atoms with Crippen LogP contribution in [0.5, 0.6) is 11.5 Å². The minimum atomic E-state index is 0.0481. The molecular weight excluding hydrogens is 368 g/mol. The highest BCUT2D eigenvalue weighted by Crippen LogP contribution is 2.31. The molecule has 0 aliphatic carbocycles. The molecule has 0 radical (unpaired) electrons. The molecule has 0 bridgehead atoms. The Kier molecular flexibility index (Phi) is 6.94. The van der Waals surface area contributed by atoms with Crippen LogP contribution < -0.4 is 25.4 Å². The van der Waals surface area contributed by atoms with Crippen LogP contribution in [-0.4, -0.2) is 46.2 Å². The molecule has 0 saturated carbocycles. The van der Waals surface area contributed by atoms with Gasteiger partial charge in [0.15, 0.2) is 17.5 Å². The Morgan fingerprint density at radius 3 is 2.69 bits per heavy atom. The Morgan fingerprint density at radius 1 is 1.14 bits per heavy atom. The Bertz CT molecular complexity index is 882. The highest BCUT2D eigenvalue weighted by Gasteiger charge is 2.24. The number of methoxy groups -OCH3 is 2. The second-order valence-corrected chi connectivity index (χ2v) is 6.86. The summed E-state index contributed by atoms with van der Waals surface area (Å²) in [5.74, 6) is 2.32. The molecule has 29 heavy (non-hydrogen) atoms. The van der Waals surface area contributed by atoms with Crippen LogP contribution >= 0.6 is 0 Å². The van der Waals surface area contributed by atoms with E-state index in [2.05, 4.69) is 27.0 Å². The van der Waals surface area contributed by atoms with Gasteiger partial charge in [0.2, 0.25) is 5.91 Å². The highest BCUT2D eigenvalue weighted by molar-refractivity contribution is 5.94. The third-order valence-corrected chi connectivity index (χ3v) is 5.00. The van der Waals surface area contributed by atoms with Crippen molar-refractivity contribution in [2.45, 2.75) is 18.8 Å². The molecule has 0 spiro atoms. The summed E-state index contributed by atoms with van der Waals surface area (Å²) in [5.41, 5.74) is 3.19. The molecule has 3 N–H and O–H groups in total. The number of benzene rings is 2. The molecule has 1 amide bonds. The number of anilines is 1. The van der Waals surface area contributed by atoms with Gasteiger partial charge in [-0.1, -0.05) is 24.3 Å². The van der Waals surface area contributed by atoms with Crippen LogP contribution in [0.4, 0.5) is 5.69 Å². The first-order valence-corrected chi connectivity index (χ1v) is 9.68. The van der Waals surface area contributed by atoms with E-state index in [4.69, 9.17) is 9.47 Å². The lowest BCUT2D eigenvalue weighted by Crippen LogP contribution is -2.41. The molecule has 3 rings (SSSR count). The maximum absolute atomic E-state index is 12.0. The molecule has 1 aliphatic rings. The second-order valence-electron chi connectivity index (χ2n) is 6.86. The van der Waals surface area contributed by atoms with Gasteiger partial charge in [0.05, 0.1) is 14.2 Å². The Balaban J connectivity index is 1.52. The monoisotopic (exact) mass is 396 g/mol. The Morgan fingerprint density at radius 2 is 1.93 bits per heavy atom. The number of ether oxygens (including phenoxy) is 2. The fourth-order valence-corrected chi connectivity index (χ4v) is 3.49. The first-order chi connectivity index (χ1) is 14.1. The first kappa shape index (κ1) is 20.5. The van der Waals surface area contributed by atoms with Crippen LogP contribution in [0.25, 0.3) is 0 Å². The number of carbonyl (C=O) groups is 1. The van der Waals surface area contributed by atoms with Crippen molar-refractivity contribution in [1.29, 1.82) is 0 Å². The Hall–Kier alpha value is -3.22. The largest absolute Gasteiger partial charge is 0.493 e. The fraction of sp³-hybridized carbons (Fsp3) is 0.364. The van der Waals surface area contributed by atoms with Gasteiger partial charge < -0.3 is 25.4 Å². The lowest BCUT2D eigenvalue weighted by molar-refractivity contribution is -0.116. The number of aliphatic imine (C=N–C) groups is 1. The van der Waals surface area contributed by atoms with Gasteiger partial charge in [0.25, 0.3) is 0 Å². The molecule has 2 aromatic rings. The van der Waals surface area contributed by atoms with Crippen molar-refractivity contribution >= 4 is 17.6 Å². The summed E-state index contributed by atoms with van der Waals surface area (Å²) in [5, 5.41) is 9.60. The molecule has 1 heterocycles. The van der Waals surface area contributed by atoms with E-state index in [9.17, 15) is 4.79 Å². The predicted octanol–water partition coefficient (Wildman–Crippen LogP) is 2.54. The number of nitrogens with one attached hydrogen (secondary N) is 3. The predicted molar refractivity (Wildman–Crippen MR) is 115 cm³/mol. The zero-order chi connectivity index (χ0) is 20.6. The van der Waals surface area contributed by atoms with Crippen LogP contribution in [0.3, 0.4) is 0 Å². The minimum Gasteiger partial charge on any atom is -0.493 e. The van der Waals surface area contributed by atoms with Crippen molar-refractivity contribution in [2.75, 3.05) is 39.7 Å². The van der Waals surface area contributed by atoms with Crippen molar-refractivity contribution in [3.63, 3.8) is 0 Å². The molecular formula is C22H28N4O3. The summed E-state index contributed by atoms with van der Waals surface area (Å²) in [6, 6.07) is 13.9. The zero-order valence-corrected chi connectivity index (χ0v) is 17.1. The lowest BCUT2D eigenvalue weighted by Gasteiger charge is -2.26. The van der Waals surface area contributed by atoms with E-state index in [1.54, 1.807) is 21.3 Å². The first-order valence-electron chi connectivity index (χ1n) is 9.68. The highest BCUT2D eigenvalue weighted by atomic mass is 16.5. The van der Waals surface area contributed by atoms with Gasteiger partial charge >= 0.3 is 0 Å². The number of hydrogen-bond acceptors (Lipinski definition) is 4. The molecule has 0 aromatic heterocycles. The van der Waals surface area contributed by atoms with E-state index in [1.165, 1.54) is 0 Å². The van der Waals surface area contributed by atoms with Crippen molar-refractivity contribution in [1.82, 2.24) is 10.6 Å². The van der Waals surface area contributed by atoms with Gasteiger partial charge in [0, 0.05) is 38.2 Å². The number of rotatable bonds is 7. The van der Waals surface area contributed by atoms with Crippen molar-refractivity contribution in [2.24, 2.45) is 4.99 Å². The van der Waals surface area contributed by atoms with Gasteiger partial charge in [-0.25, -0.2) is 0 Å². The van der Waals surface area contributed by atoms with E-state index in [1.807, 2.05) is 36.4 Å². The molecule has 1 aliphatic heterocycles. The Labute approximate surface area is 171 Å². The number of carbonyl (C=O) groups excluding carboxylic acids is 1. The molecule has 0 fully saturated rings. The number of para-hydroxylation sites is 1. The molecule has 1 atom stereocenters. The smallest absolute Gasteiger partial charge is 0.225 e. The number of amides is 1. The summed E-state index contributed by atoms with van der Waals surface area (Å²) in [6.07, 6.45) is 1.28. The topological polar surface area (TPSA) is 84.0 Å². The van der Waals surface area contributed by atoms with Crippen molar-refractivity contribution in [3.8, 4) is 11.5 Å². The summed E-state index contributed by atoms with van der Waals surface area (Å²) >= 11 is 0. The van der Waals surface area contributed by atoms with E-state index < -0.39 is 0 Å². The van der Waals surface area contributed by atoms with Crippen LogP contribution in [-0.2, 0) is 11.2 Å². The molecule has 0 saturated heterocycles.